The Hall–Kier alpha value is -2.95. The van der Waals surface area contributed by atoms with Gasteiger partial charge < -0.3 is 20.1 Å². The summed E-state index contributed by atoms with van der Waals surface area (Å²) >= 11 is 0. The Morgan fingerprint density at radius 2 is 1.91 bits per heavy atom. The summed E-state index contributed by atoms with van der Waals surface area (Å²) in [6.07, 6.45) is 3.45. The van der Waals surface area contributed by atoms with Gasteiger partial charge in [0.05, 0.1) is 12.1 Å². The summed E-state index contributed by atoms with van der Waals surface area (Å²) in [5.41, 5.74) is 1.90. The Kier molecular flexibility index (Phi) is 4.47. The molecule has 2 aromatic carbocycles. The zero-order chi connectivity index (χ0) is 16.1. The third-order valence-electron chi connectivity index (χ3n) is 3.58. The number of aliphatic carboxylic acids is 1. The molecule has 5 nitrogen and oxygen atoms in total. The molecule has 3 rings (SSSR count). The molecule has 2 N–H and O–H groups in total. The van der Waals surface area contributed by atoms with E-state index in [0.29, 0.717) is 6.54 Å². The molecule has 0 radical (unpaired) electrons. The van der Waals surface area contributed by atoms with Crippen molar-refractivity contribution in [3.63, 3.8) is 0 Å². The van der Waals surface area contributed by atoms with E-state index in [2.05, 4.69) is 5.32 Å². The number of ether oxygens (including phenoxy) is 1. The second kappa shape index (κ2) is 6.87. The molecule has 5 heteroatoms. The lowest BCUT2D eigenvalue weighted by Gasteiger charge is -2.22. The summed E-state index contributed by atoms with van der Waals surface area (Å²) in [6, 6.07) is 17.5. The topological polar surface area (TPSA) is 61.8 Å². The van der Waals surface area contributed by atoms with E-state index in [1.54, 1.807) is 0 Å². The molecule has 23 heavy (non-hydrogen) atoms. The van der Waals surface area contributed by atoms with Crippen LogP contribution >= 0.6 is 0 Å². The lowest BCUT2D eigenvalue weighted by atomic mass is 10.2. The maximum atomic E-state index is 10.9. The van der Waals surface area contributed by atoms with Gasteiger partial charge in [-0.3, -0.25) is 4.79 Å². The monoisotopic (exact) mass is 310 g/mol. The van der Waals surface area contributed by atoms with Gasteiger partial charge in [0, 0.05) is 18.4 Å². The fourth-order valence-electron chi connectivity index (χ4n) is 2.49. The quantitative estimate of drug-likeness (QED) is 0.857. The van der Waals surface area contributed by atoms with Gasteiger partial charge in [0.25, 0.3) is 0 Å². The molecule has 0 saturated heterocycles. The molecule has 1 unspecified atom stereocenters. The van der Waals surface area contributed by atoms with E-state index in [1.807, 2.05) is 71.8 Å². The van der Waals surface area contributed by atoms with Crippen molar-refractivity contribution in [1.82, 2.24) is 0 Å². The number of carboxylic acids is 1. The first-order valence-corrected chi connectivity index (χ1v) is 7.46. The highest BCUT2D eigenvalue weighted by molar-refractivity contribution is 5.69. The zero-order valence-corrected chi connectivity index (χ0v) is 12.6. The fraction of sp³-hybridized carbons (Fsp3) is 0.167. The molecule has 1 heterocycles. The van der Waals surface area contributed by atoms with Crippen molar-refractivity contribution in [2.45, 2.75) is 12.6 Å². The van der Waals surface area contributed by atoms with Gasteiger partial charge in [0.15, 0.2) is 6.23 Å². The van der Waals surface area contributed by atoms with Crippen molar-refractivity contribution in [2.24, 2.45) is 0 Å². The van der Waals surface area contributed by atoms with Crippen molar-refractivity contribution >= 4 is 17.3 Å². The molecule has 2 aromatic rings. The minimum atomic E-state index is -0.820. The summed E-state index contributed by atoms with van der Waals surface area (Å²) in [6.45, 7) is 0.396. The summed E-state index contributed by atoms with van der Waals surface area (Å²) in [5, 5.41) is 12.1. The van der Waals surface area contributed by atoms with Crippen LogP contribution in [-0.4, -0.2) is 23.8 Å². The van der Waals surface area contributed by atoms with Crippen LogP contribution in [0.15, 0.2) is 66.9 Å². The Bertz CT molecular complexity index is 700. The molecule has 1 atom stereocenters. The van der Waals surface area contributed by atoms with Crippen molar-refractivity contribution in [2.75, 3.05) is 16.8 Å². The number of benzene rings is 2. The van der Waals surface area contributed by atoms with Gasteiger partial charge in [0.2, 0.25) is 0 Å². The molecular weight excluding hydrogens is 292 g/mol. The number of nitrogens with one attached hydrogen (secondary N) is 1. The number of carboxylic acid groups (broad SMARTS) is 1. The molecule has 0 aliphatic carbocycles. The third kappa shape index (κ3) is 3.63. The number of rotatable bonds is 6. The van der Waals surface area contributed by atoms with Crippen LogP contribution in [0.5, 0.6) is 5.75 Å². The van der Waals surface area contributed by atoms with Gasteiger partial charge in [-0.15, -0.1) is 0 Å². The molecule has 0 spiro atoms. The van der Waals surface area contributed by atoms with Gasteiger partial charge in [-0.05, 0) is 30.3 Å². The molecule has 0 fully saturated rings. The number of carbonyl (C=O) groups is 1. The summed E-state index contributed by atoms with van der Waals surface area (Å²) in [4.78, 5) is 12.8. The van der Waals surface area contributed by atoms with E-state index in [0.717, 1.165) is 17.1 Å². The van der Waals surface area contributed by atoms with E-state index in [1.165, 1.54) is 0 Å². The molecule has 0 bridgehead atoms. The molecule has 118 valence electrons. The Labute approximate surface area is 134 Å². The minimum Gasteiger partial charge on any atom is -0.481 e. The smallest absolute Gasteiger partial charge is 0.305 e. The Morgan fingerprint density at radius 3 is 2.70 bits per heavy atom. The highest BCUT2D eigenvalue weighted by Gasteiger charge is 2.28. The van der Waals surface area contributed by atoms with E-state index in [9.17, 15) is 4.79 Å². The number of nitrogens with zero attached hydrogens (tertiary/aromatic N) is 1. The summed E-state index contributed by atoms with van der Waals surface area (Å²) in [7, 11) is 0. The van der Waals surface area contributed by atoms with Crippen molar-refractivity contribution in [3.05, 3.63) is 66.9 Å². The van der Waals surface area contributed by atoms with Crippen molar-refractivity contribution in [3.8, 4) is 5.75 Å². The van der Waals surface area contributed by atoms with Gasteiger partial charge >= 0.3 is 5.97 Å². The van der Waals surface area contributed by atoms with Gasteiger partial charge in [-0.2, -0.15) is 0 Å². The molecule has 1 aliphatic rings. The maximum Gasteiger partial charge on any atom is 0.305 e. The molecular formula is C18H18N2O3. The van der Waals surface area contributed by atoms with Crippen LogP contribution in [0.25, 0.3) is 0 Å². The van der Waals surface area contributed by atoms with Crippen LogP contribution in [0.4, 0.5) is 11.4 Å². The highest BCUT2D eigenvalue weighted by Crippen LogP contribution is 2.37. The number of anilines is 2. The average Bonchev–Trinajstić information content (AvgIpc) is 2.91. The second-order valence-electron chi connectivity index (χ2n) is 5.18. The summed E-state index contributed by atoms with van der Waals surface area (Å²) in [5.74, 6) is -0.0493. The molecule has 0 aromatic heterocycles. The number of fused-ring (bicyclic) bond motifs is 1. The van der Waals surface area contributed by atoms with E-state index in [4.69, 9.17) is 9.84 Å². The Morgan fingerprint density at radius 1 is 1.17 bits per heavy atom. The van der Waals surface area contributed by atoms with Gasteiger partial charge in [-0.1, -0.05) is 30.3 Å². The number of hydrogen-bond acceptors (Lipinski definition) is 4. The minimum absolute atomic E-state index is 0.0636. The van der Waals surface area contributed by atoms with Gasteiger partial charge in [0.1, 0.15) is 5.75 Å². The van der Waals surface area contributed by atoms with E-state index in [-0.39, 0.29) is 12.6 Å². The third-order valence-corrected chi connectivity index (χ3v) is 3.58. The maximum absolute atomic E-state index is 10.9. The first kappa shape index (κ1) is 15.0. The number of hydrogen-bond donors (Lipinski definition) is 2. The van der Waals surface area contributed by atoms with Crippen LogP contribution in [0, 0.1) is 0 Å². The van der Waals surface area contributed by atoms with Crippen LogP contribution in [0.2, 0.25) is 0 Å². The van der Waals surface area contributed by atoms with Crippen molar-refractivity contribution < 1.29 is 14.6 Å². The molecule has 0 amide bonds. The van der Waals surface area contributed by atoms with E-state index < -0.39 is 5.97 Å². The lowest BCUT2D eigenvalue weighted by molar-refractivity contribution is -0.136. The van der Waals surface area contributed by atoms with Crippen LogP contribution < -0.4 is 15.0 Å². The SMILES string of the molecule is O=C(O)CCN1c2ccccc2OC1/C=C/Nc1ccccc1. The molecule has 1 aliphatic heterocycles. The first-order valence-electron chi connectivity index (χ1n) is 7.46. The average molecular weight is 310 g/mol. The lowest BCUT2D eigenvalue weighted by Crippen LogP contribution is -2.34. The van der Waals surface area contributed by atoms with E-state index >= 15 is 0 Å². The van der Waals surface area contributed by atoms with Gasteiger partial charge in [-0.25, -0.2) is 0 Å². The number of para-hydroxylation sites is 3. The standard InChI is InChI=1S/C18H18N2O3/c21-18(22)11-13-20-15-8-4-5-9-16(15)23-17(20)10-12-19-14-6-2-1-3-7-14/h1-10,12,17,19H,11,13H2,(H,21,22)/b12-10+. The first-order chi connectivity index (χ1) is 11.2. The zero-order valence-electron chi connectivity index (χ0n) is 12.6. The Balaban J connectivity index is 1.71. The van der Waals surface area contributed by atoms with Crippen molar-refractivity contribution in [1.29, 1.82) is 0 Å². The molecule has 0 saturated carbocycles. The normalized spacial score (nSPS) is 16.2. The highest BCUT2D eigenvalue weighted by atomic mass is 16.5. The predicted octanol–water partition coefficient (Wildman–Crippen LogP) is 3.31. The van der Waals surface area contributed by atoms with Crippen LogP contribution in [0.3, 0.4) is 0 Å². The van der Waals surface area contributed by atoms with Crippen LogP contribution in [0.1, 0.15) is 6.42 Å². The largest absolute Gasteiger partial charge is 0.481 e. The second-order valence-corrected chi connectivity index (χ2v) is 5.18. The summed E-state index contributed by atoms with van der Waals surface area (Å²) < 4.78 is 5.90. The fourth-order valence-corrected chi connectivity index (χ4v) is 2.49. The van der Waals surface area contributed by atoms with Crippen LogP contribution in [-0.2, 0) is 4.79 Å². The predicted molar refractivity (Wildman–Crippen MR) is 89.7 cm³/mol.